The number of carbonyl (C=O) groups excluding carboxylic acids is 2. The summed E-state index contributed by atoms with van der Waals surface area (Å²) in [5.41, 5.74) is 4.81. The number of nitrogens with one attached hydrogen (secondary N) is 1. The van der Waals surface area contributed by atoms with E-state index in [0.717, 1.165) is 34.2 Å². The maximum atomic E-state index is 13.8. The molecule has 35 heavy (non-hydrogen) atoms. The van der Waals surface area contributed by atoms with Crippen molar-refractivity contribution in [3.05, 3.63) is 106 Å². The Morgan fingerprint density at radius 1 is 0.943 bits per heavy atom. The van der Waals surface area contributed by atoms with Gasteiger partial charge in [-0.05, 0) is 61.6 Å². The molecule has 0 heterocycles. The monoisotopic (exact) mass is 474 g/mol. The number of hydrogen-bond acceptors (Lipinski definition) is 2. The van der Waals surface area contributed by atoms with Crippen molar-refractivity contribution in [3.63, 3.8) is 0 Å². The van der Waals surface area contributed by atoms with Crippen LogP contribution in [-0.4, -0.2) is 28.8 Å². The quantitative estimate of drug-likeness (QED) is 0.419. The fourth-order valence-electron chi connectivity index (χ4n) is 4.04. The minimum Gasteiger partial charge on any atom is -0.352 e. The van der Waals surface area contributed by atoms with E-state index in [1.165, 1.54) is 12.1 Å². The van der Waals surface area contributed by atoms with E-state index in [4.69, 9.17) is 0 Å². The fourth-order valence-corrected chi connectivity index (χ4v) is 4.04. The number of benzene rings is 3. The molecule has 0 aromatic heterocycles. The average Bonchev–Trinajstić information content (AvgIpc) is 2.85. The molecule has 3 rings (SSSR count). The molecule has 3 aromatic rings. The number of aryl methyl sites for hydroxylation is 2. The van der Waals surface area contributed by atoms with Gasteiger partial charge >= 0.3 is 0 Å². The third-order valence-electron chi connectivity index (χ3n) is 6.38. The first kappa shape index (κ1) is 26.1. The van der Waals surface area contributed by atoms with Crippen LogP contribution in [0.4, 0.5) is 4.39 Å². The first-order chi connectivity index (χ1) is 16.8. The zero-order valence-electron chi connectivity index (χ0n) is 21.1. The van der Waals surface area contributed by atoms with Crippen LogP contribution in [0.5, 0.6) is 0 Å². The van der Waals surface area contributed by atoms with Gasteiger partial charge in [0.15, 0.2) is 0 Å². The van der Waals surface area contributed by atoms with Crippen LogP contribution in [0.1, 0.15) is 48.1 Å². The van der Waals surface area contributed by atoms with Crippen LogP contribution >= 0.6 is 0 Å². The Bertz CT molecular complexity index is 1130. The van der Waals surface area contributed by atoms with Gasteiger partial charge in [0.05, 0.1) is 6.42 Å². The molecule has 2 atom stereocenters. The fraction of sp³-hybridized carbons (Fsp3) is 0.333. The summed E-state index contributed by atoms with van der Waals surface area (Å²) in [5, 5.41) is 3.07. The van der Waals surface area contributed by atoms with Crippen LogP contribution in [-0.2, 0) is 29.0 Å². The average molecular weight is 475 g/mol. The number of nitrogens with zero attached hydrogens (tertiary/aromatic N) is 1. The van der Waals surface area contributed by atoms with Crippen LogP contribution in [0, 0.1) is 19.7 Å². The summed E-state index contributed by atoms with van der Waals surface area (Å²) in [6.45, 7) is 8.18. The highest BCUT2D eigenvalue weighted by molar-refractivity contribution is 5.89. The lowest BCUT2D eigenvalue weighted by Gasteiger charge is -2.32. The summed E-state index contributed by atoms with van der Waals surface area (Å²) in [7, 11) is 0. The molecular weight excluding hydrogens is 439 g/mol. The van der Waals surface area contributed by atoms with Crippen LogP contribution in [0.3, 0.4) is 0 Å². The van der Waals surface area contributed by atoms with Crippen molar-refractivity contribution in [3.8, 4) is 0 Å². The molecule has 0 saturated carbocycles. The molecule has 0 bridgehead atoms. The highest BCUT2D eigenvalue weighted by Gasteiger charge is 2.31. The summed E-state index contributed by atoms with van der Waals surface area (Å²) in [6.07, 6.45) is 1.37. The molecule has 3 aromatic carbocycles. The van der Waals surface area contributed by atoms with Gasteiger partial charge < -0.3 is 10.2 Å². The Hall–Kier alpha value is -3.47. The zero-order valence-corrected chi connectivity index (χ0v) is 21.1. The largest absolute Gasteiger partial charge is 0.352 e. The number of halogens is 1. The summed E-state index contributed by atoms with van der Waals surface area (Å²) < 4.78 is 13.6. The summed E-state index contributed by atoms with van der Waals surface area (Å²) >= 11 is 0. The Morgan fingerprint density at radius 3 is 2.29 bits per heavy atom. The van der Waals surface area contributed by atoms with E-state index < -0.39 is 6.04 Å². The predicted octanol–water partition coefficient (Wildman–Crippen LogP) is 5.54. The number of carbonyl (C=O) groups is 2. The number of amides is 2. The van der Waals surface area contributed by atoms with E-state index in [2.05, 4.69) is 5.32 Å². The molecule has 4 nitrogen and oxygen atoms in total. The van der Waals surface area contributed by atoms with E-state index in [1.807, 2.05) is 76.2 Å². The standard InChI is InChI=1S/C30H35FN2O2/c1-5-23(4)32-30(35)28(18-24-9-7-6-8-10-24)33(20-25-13-15-27(31)16-14-25)29(34)19-26-17-21(2)11-12-22(26)3/h6-17,23,28H,5,18-20H2,1-4H3,(H,32,35)/t23-,28+/m1/s1. The van der Waals surface area contributed by atoms with E-state index in [-0.39, 0.29) is 36.6 Å². The molecule has 0 aliphatic carbocycles. The van der Waals surface area contributed by atoms with Crippen LogP contribution < -0.4 is 5.32 Å². The molecule has 2 amide bonds. The van der Waals surface area contributed by atoms with Gasteiger partial charge in [0.25, 0.3) is 0 Å². The van der Waals surface area contributed by atoms with E-state index >= 15 is 0 Å². The number of rotatable bonds is 10. The molecule has 0 aliphatic heterocycles. The molecule has 0 aliphatic rings. The molecule has 0 saturated heterocycles. The molecule has 0 fully saturated rings. The summed E-state index contributed by atoms with van der Waals surface area (Å²) in [4.78, 5) is 29.0. The Labute approximate surface area is 208 Å². The zero-order chi connectivity index (χ0) is 25.4. The maximum Gasteiger partial charge on any atom is 0.243 e. The normalized spacial score (nSPS) is 12.6. The van der Waals surface area contributed by atoms with Crippen molar-refractivity contribution < 1.29 is 14.0 Å². The van der Waals surface area contributed by atoms with Crippen LogP contribution in [0.25, 0.3) is 0 Å². The van der Waals surface area contributed by atoms with Crippen molar-refractivity contribution >= 4 is 11.8 Å². The second-order valence-electron chi connectivity index (χ2n) is 9.28. The Morgan fingerprint density at radius 2 is 1.63 bits per heavy atom. The predicted molar refractivity (Wildman–Crippen MR) is 138 cm³/mol. The first-order valence-corrected chi connectivity index (χ1v) is 12.2. The molecule has 0 spiro atoms. The van der Waals surface area contributed by atoms with Gasteiger partial charge in [-0.15, -0.1) is 0 Å². The van der Waals surface area contributed by atoms with Crippen molar-refractivity contribution in [2.75, 3.05) is 0 Å². The molecule has 1 N–H and O–H groups in total. The van der Waals surface area contributed by atoms with E-state index in [9.17, 15) is 14.0 Å². The van der Waals surface area contributed by atoms with Crippen LogP contribution in [0.2, 0.25) is 0 Å². The van der Waals surface area contributed by atoms with Crippen molar-refractivity contribution in [2.24, 2.45) is 0 Å². The van der Waals surface area contributed by atoms with Gasteiger partial charge in [-0.25, -0.2) is 4.39 Å². The molecule has 0 unspecified atom stereocenters. The Kier molecular flexibility index (Phi) is 9.18. The minimum atomic E-state index is -0.700. The maximum absolute atomic E-state index is 13.8. The molecular formula is C30H35FN2O2. The highest BCUT2D eigenvalue weighted by Crippen LogP contribution is 2.19. The SMILES string of the molecule is CC[C@@H](C)NC(=O)[C@H](Cc1ccccc1)N(Cc1ccc(F)cc1)C(=O)Cc1cc(C)ccc1C. The van der Waals surface area contributed by atoms with Crippen molar-refractivity contribution in [1.82, 2.24) is 10.2 Å². The lowest BCUT2D eigenvalue weighted by atomic mass is 9.99. The van der Waals surface area contributed by atoms with Crippen molar-refractivity contribution in [2.45, 2.75) is 65.6 Å². The first-order valence-electron chi connectivity index (χ1n) is 12.2. The van der Waals surface area contributed by atoms with Gasteiger partial charge in [-0.1, -0.05) is 73.2 Å². The Balaban J connectivity index is 1.99. The topological polar surface area (TPSA) is 49.4 Å². The van der Waals surface area contributed by atoms with Gasteiger partial charge in [0.2, 0.25) is 11.8 Å². The van der Waals surface area contributed by atoms with Gasteiger partial charge in [0.1, 0.15) is 11.9 Å². The second-order valence-corrected chi connectivity index (χ2v) is 9.28. The number of hydrogen-bond donors (Lipinski definition) is 1. The molecule has 5 heteroatoms. The van der Waals surface area contributed by atoms with Gasteiger partial charge in [-0.2, -0.15) is 0 Å². The van der Waals surface area contributed by atoms with Gasteiger partial charge in [-0.3, -0.25) is 9.59 Å². The molecule has 184 valence electrons. The minimum absolute atomic E-state index is 0.0115. The lowest BCUT2D eigenvalue weighted by Crippen LogP contribution is -2.52. The van der Waals surface area contributed by atoms with Crippen LogP contribution in [0.15, 0.2) is 72.8 Å². The third-order valence-corrected chi connectivity index (χ3v) is 6.38. The summed E-state index contributed by atoms with van der Waals surface area (Å²) in [6, 6.07) is 21.2. The van der Waals surface area contributed by atoms with Crippen molar-refractivity contribution in [1.29, 1.82) is 0 Å². The third kappa shape index (κ3) is 7.51. The molecule has 0 radical (unpaired) electrons. The van der Waals surface area contributed by atoms with Gasteiger partial charge in [0, 0.05) is 19.0 Å². The lowest BCUT2D eigenvalue weighted by molar-refractivity contribution is -0.141. The van der Waals surface area contributed by atoms with E-state index in [0.29, 0.717) is 6.42 Å². The second kappa shape index (κ2) is 12.3. The summed E-state index contributed by atoms with van der Waals surface area (Å²) in [5.74, 6) is -0.653. The highest BCUT2D eigenvalue weighted by atomic mass is 19.1. The van der Waals surface area contributed by atoms with E-state index in [1.54, 1.807) is 17.0 Å². The smallest absolute Gasteiger partial charge is 0.243 e.